The van der Waals surface area contributed by atoms with Gasteiger partial charge in [-0.15, -0.1) is 16.4 Å². The van der Waals surface area contributed by atoms with E-state index in [1.807, 2.05) is 6.92 Å². The zero-order valence-electron chi connectivity index (χ0n) is 9.78. The van der Waals surface area contributed by atoms with E-state index in [2.05, 4.69) is 20.6 Å². The van der Waals surface area contributed by atoms with Gasteiger partial charge >= 0.3 is 0 Å². The molecule has 2 rings (SSSR count). The van der Waals surface area contributed by atoms with Gasteiger partial charge in [0.25, 0.3) is 0 Å². The number of rotatable bonds is 5. The van der Waals surface area contributed by atoms with Gasteiger partial charge in [-0.3, -0.25) is 4.79 Å². The molecule has 18 heavy (non-hydrogen) atoms. The smallest absolute Gasteiger partial charge is 0.247 e. The van der Waals surface area contributed by atoms with E-state index < -0.39 is 6.10 Å². The molecule has 7 nitrogen and oxygen atoms in total. The Bertz CT molecular complexity index is 510. The topological polar surface area (TPSA) is 92.9 Å². The van der Waals surface area contributed by atoms with Gasteiger partial charge in [0, 0.05) is 11.6 Å². The molecular formula is C10H13N5O2S. The number of hydrogen-bond donors (Lipinski definition) is 2. The van der Waals surface area contributed by atoms with Crippen LogP contribution in [0.5, 0.6) is 0 Å². The molecule has 0 radical (unpaired) electrons. The lowest BCUT2D eigenvalue weighted by Crippen LogP contribution is -2.19. The molecule has 0 spiro atoms. The van der Waals surface area contributed by atoms with Crippen LogP contribution < -0.4 is 5.32 Å². The molecule has 2 N–H and O–H groups in total. The average Bonchev–Trinajstić information content (AvgIpc) is 2.99. The summed E-state index contributed by atoms with van der Waals surface area (Å²) in [4.78, 5) is 15.6. The minimum Gasteiger partial charge on any atom is -0.387 e. The van der Waals surface area contributed by atoms with Crippen molar-refractivity contribution in [3.63, 3.8) is 0 Å². The van der Waals surface area contributed by atoms with Crippen molar-refractivity contribution in [1.29, 1.82) is 0 Å². The predicted molar refractivity (Wildman–Crippen MR) is 66.0 cm³/mol. The predicted octanol–water partition coefficient (Wildman–Crippen LogP) is 0.817. The number of amides is 1. The minimum atomic E-state index is -0.638. The number of carbonyl (C=O) groups excluding carboxylic acids is 1. The molecule has 1 atom stereocenters. The normalized spacial score (nSPS) is 12.3. The first-order valence-electron chi connectivity index (χ1n) is 5.46. The maximum atomic E-state index is 11.6. The number of thiazole rings is 1. The summed E-state index contributed by atoms with van der Waals surface area (Å²) in [6.45, 7) is 1.89. The SMILES string of the molecule is CCC(O)c1cn(CC(=O)Nc2nccs2)nn1. The number of aromatic nitrogens is 4. The van der Waals surface area contributed by atoms with Gasteiger partial charge in [0.1, 0.15) is 12.2 Å². The van der Waals surface area contributed by atoms with Crippen molar-refractivity contribution < 1.29 is 9.90 Å². The van der Waals surface area contributed by atoms with E-state index in [4.69, 9.17) is 0 Å². The van der Waals surface area contributed by atoms with Crippen molar-refractivity contribution in [3.05, 3.63) is 23.5 Å². The highest BCUT2D eigenvalue weighted by Crippen LogP contribution is 2.12. The van der Waals surface area contributed by atoms with Gasteiger partial charge in [0.15, 0.2) is 5.13 Å². The molecule has 0 aromatic carbocycles. The summed E-state index contributed by atoms with van der Waals surface area (Å²) in [6, 6.07) is 0. The Morgan fingerprint density at radius 2 is 2.50 bits per heavy atom. The molecule has 0 fully saturated rings. The first-order valence-corrected chi connectivity index (χ1v) is 6.34. The molecular weight excluding hydrogens is 254 g/mol. The number of anilines is 1. The molecule has 8 heteroatoms. The fourth-order valence-electron chi connectivity index (χ4n) is 1.34. The van der Waals surface area contributed by atoms with Crippen molar-refractivity contribution in [2.45, 2.75) is 26.0 Å². The van der Waals surface area contributed by atoms with Crippen LogP contribution in [0.1, 0.15) is 25.1 Å². The lowest BCUT2D eigenvalue weighted by Gasteiger charge is -2.01. The lowest BCUT2D eigenvalue weighted by atomic mass is 10.2. The summed E-state index contributed by atoms with van der Waals surface area (Å²) in [7, 11) is 0. The molecule has 0 aliphatic rings. The van der Waals surface area contributed by atoms with Gasteiger partial charge in [-0.1, -0.05) is 12.1 Å². The van der Waals surface area contributed by atoms with Crippen LogP contribution in [-0.2, 0) is 11.3 Å². The van der Waals surface area contributed by atoms with Crippen molar-refractivity contribution >= 4 is 22.4 Å². The van der Waals surface area contributed by atoms with Crippen molar-refractivity contribution in [2.24, 2.45) is 0 Å². The third-order valence-corrected chi connectivity index (χ3v) is 2.96. The van der Waals surface area contributed by atoms with Crippen molar-refractivity contribution in [3.8, 4) is 0 Å². The quantitative estimate of drug-likeness (QED) is 0.836. The summed E-state index contributed by atoms with van der Waals surface area (Å²) in [6.07, 6.45) is 3.10. The van der Waals surface area contributed by atoms with Gasteiger partial charge in [0.05, 0.1) is 12.3 Å². The number of nitrogens with zero attached hydrogens (tertiary/aromatic N) is 4. The summed E-state index contributed by atoms with van der Waals surface area (Å²) in [5.41, 5.74) is 0.472. The van der Waals surface area contributed by atoms with Crippen LogP contribution in [0.4, 0.5) is 5.13 Å². The van der Waals surface area contributed by atoms with Crippen LogP contribution in [-0.4, -0.2) is 31.0 Å². The monoisotopic (exact) mass is 267 g/mol. The average molecular weight is 267 g/mol. The van der Waals surface area contributed by atoms with E-state index >= 15 is 0 Å². The molecule has 0 aliphatic carbocycles. The van der Waals surface area contributed by atoms with Gasteiger partial charge < -0.3 is 10.4 Å². The maximum absolute atomic E-state index is 11.6. The first-order chi connectivity index (χ1) is 8.69. The maximum Gasteiger partial charge on any atom is 0.247 e. The number of hydrogen-bond acceptors (Lipinski definition) is 6. The number of aliphatic hydroxyl groups is 1. The fraction of sp³-hybridized carbons (Fsp3) is 0.400. The lowest BCUT2D eigenvalue weighted by molar-refractivity contribution is -0.116. The molecule has 0 saturated carbocycles. The third-order valence-electron chi connectivity index (χ3n) is 2.27. The zero-order valence-corrected chi connectivity index (χ0v) is 10.6. The Balaban J connectivity index is 1.93. The van der Waals surface area contributed by atoms with E-state index in [0.29, 0.717) is 17.2 Å². The Hall–Kier alpha value is -1.80. The van der Waals surface area contributed by atoms with Crippen LogP contribution in [0, 0.1) is 0 Å². The number of aliphatic hydroxyl groups excluding tert-OH is 1. The van der Waals surface area contributed by atoms with Gasteiger partial charge in [-0.2, -0.15) is 0 Å². The van der Waals surface area contributed by atoms with Crippen LogP contribution >= 0.6 is 11.3 Å². The summed E-state index contributed by atoms with van der Waals surface area (Å²) in [5, 5.41) is 22.1. The molecule has 0 aliphatic heterocycles. The molecule has 2 aromatic heterocycles. The Morgan fingerprint density at radius 3 is 3.17 bits per heavy atom. The van der Waals surface area contributed by atoms with E-state index in [1.165, 1.54) is 16.0 Å². The second kappa shape index (κ2) is 5.69. The highest BCUT2D eigenvalue weighted by Gasteiger charge is 2.11. The van der Waals surface area contributed by atoms with Gasteiger partial charge in [-0.25, -0.2) is 9.67 Å². The Kier molecular flexibility index (Phi) is 4.00. The molecule has 2 heterocycles. The summed E-state index contributed by atoms with van der Waals surface area (Å²) < 4.78 is 1.39. The molecule has 1 unspecified atom stereocenters. The zero-order chi connectivity index (χ0) is 13.0. The van der Waals surface area contributed by atoms with Gasteiger partial charge in [-0.05, 0) is 6.42 Å². The molecule has 0 saturated heterocycles. The van der Waals surface area contributed by atoms with E-state index in [1.54, 1.807) is 17.8 Å². The largest absolute Gasteiger partial charge is 0.387 e. The molecule has 2 aromatic rings. The van der Waals surface area contributed by atoms with E-state index in [9.17, 15) is 9.90 Å². The Morgan fingerprint density at radius 1 is 1.67 bits per heavy atom. The molecule has 96 valence electrons. The standard InChI is InChI=1S/C10H13N5O2S/c1-2-8(16)7-5-15(14-13-7)6-9(17)12-10-11-3-4-18-10/h3-5,8,16H,2,6H2,1H3,(H,11,12,17). The minimum absolute atomic E-state index is 0.0447. The fourth-order valence-corrected chi connectivity index (χ4v) is 1.89. The number of nitrogens with one attached hydrogen (secondary N) is 1. The highest BCUT2D eigenvalue weighted by molar-refractivity contribution is 7.13. The van der Waals surface area contributed by atoms with Crippen LogP contribution in [0.15, 0.2) is 17.8 Å². The van der Waals surface area contributed by atoms with Crippen LogP contribution in [0.3, 0.4) is 0 Å². The highest BCUT2D eigenvalue weighted by atomic mass is 32.1. The third kappa shape index (κ3) is 3.11. The molecule has 0 bridgehead atoms. The van der Waals surface area contributed by atoms with Crippen molar-refractivity contribution in [2.75, 3.05) is 5.32 Å². The Labute approximate surface area is 107 Å². The second-order valence-electron chi connectivity index (χ2n) is 3.65. The summed E-state index contributed by atoms with van der Waals surface area (Å²) in [5.74, 6) is -0.229. The van der Waals surface area contributed by atoms with Crippen molar-refractivity contribution in [1.82, 2.24) is 20.0 Å². The van der Waals surface area contributed by atoms with Gasteiger partial charge in [0.2, 0.25) is 5.91 Å². The molecule has 1 amide bonds. The number of carbonyl (C=O) groups is 1. The first kappa shape index (κ1) is 12.7. The summed E-state index contributed by atoms with van der Waals surface area (Å²) >= 11 is 1.35. The second-order valence-corrected chi connectivity index (χ2v) is 4.55. The van der Waals surface area contributed by atoms with Crippen LogP contribution in [0.2, 0.25) is 0 Å². The van der Waals surface area contributed by atoms with Crippen LogP contribution in [0.25, 0.3) is 0 Å². The van der Waals surface area contributed by atoms with E-state index in [-0.39, 0.29) is 12.5 Å². The van der Waals surface area contributed by atoms with E-state index in [0.717, 1.165) is 0 Å².